The van der Waals surface area contributed by atoms with Crippen LogP contribution in [0.2, 0.25) is 0 Å². The van der Waals surface area contributed by atoms with Crippen molar-refractivity contribution in [1.29, 1.82) is 0 Å². The molecule has 3 aliphatic rings. The lowest BCUT2D eigenvalue weighted by Crippen LogP contribution is -2.42. The van der Waals surface area contributed by atoms with E-state index in [1.807, 2.05) is 6.07 Å². The summed E-state index contributed by atoms with van der Waals surface area (Å²) in [5, 5.41) is 19.1. The van der Waals surface area contributed by atoms with Crippen LogP contribution in [0.1, 0.15) is 49.7 Å². The summed E-state index contributed by atoms with van der Waals surface area (Å²) in [5.74, 6) is 1.86. The van der Waals surface area contributed by atoms with E-state index in [0.29, 0.717) is 29.1 Å². The number of phenols is 1. The van der Waals surface area contributed by atoms with Crippen LogP contribution in [0.25, 0.3) is 0 Å². The molecule has 4 rings (SSSR count). The van der Waals surface area contributed by atoms with Gasteiger partial charge in [0.1, 0.15) is 5.75 Å². The maximum Gasteiger partial charge on any atom is 0.168 e. The second-order valence-corrected chi connectivity index (χ2v) is 7.44. The smallest absolute Gasteiger partial charge is 0.168 e. The summed E-state index contributed by atoms with van der Waals surface area (Å²) in [5.41, 5.74) is 2.96. The lowest BCUT2D eigenvalue weighted by molar-refractivity contribution is -0.127. The van der Waals surface area contributed by atoms with E-state index in [1.165, 1.54) is 11.1 Å². The third kappa shape index (κ3) is 1.71. The number of allylic oxidation sites excluding steroid dienone is 1. The highest BCUT2D eigenvalue weighted by atomic mass is 16.3. The zero-order valence-corrected chi connectivity index (χ0v) is 12.9. The molecule has 3 aliphatic carbocycles. The Balaban J connectivity index is 1.74. The molecular weight excluding hydrogens is 276 g/mol. The van der Waals surface area contributed by atoms with Gasteiger partial charge in [-0.15, -0.1) is 0 Å². The summed E-state index contributed by atoms with van der Waals surface area (Å²) in [6.07, 6.45) is 5.74. The van der Waals surface area contributed by atoms with E-state index in [-0.39, 0.29) is 11.2 Å². The second-order valence-electron chi connectivity index (χ2n) is 7.44. The first-order valence-electron chi connectivity index (χ1n) is 8.24. The van der Waals surface area contributed by atoms with Crippen LogP contribution in [0.3, 0.4) is 0 Å². The molecule has 0 aliphatic heterocycles. The van der Waals surface area contributed by atoms with Crippen molar-refractivity contribution < 1.29 is 15.0 Å². The van der Waals surface area contributed by atoms with Crippen molar-refractivity contribution in [2.75, 3.05) is 0 Å². The first kappa shape index (κ1) is 13.9. The Labute approximate surface area is 130 Å². The van der Waals surface area contributed by atoms with E-state index in [0.717, 1.165) is 38.4 Å². The zero-order chi connectivity index (χ0) is 15.5. The molecule has 22 heavy (non-hydrogen) atoms. The van der Waals surface area contributed by atoms with Gasteiger partial charge in [0.2, 0.25) is 0 Å². The lowest BCUT2D eigenvalue weighted by atomic mass is 9.55. The number of aryl methyl sites for hydroxylation is 1. The van der Waals surface area contributed by atoms with Crippen LogP contribution in [-0.4, -0.2) is 16.0 Å². The van der Waals surface area contributed by atoms with E-state index in [4.69, 9.17) is 0 Å². The van der Waals surface area contributed by atoms with E-state index in [9.17, 15) is 15.0 Å². The molecule has 0 radical (unpaired) electrons. The van der Waals surface area contributed by atoms with Gasteiger partial charge >= 0.3 is 0 Å². The highest BCUT2D eigenvalue weighted by Crippen LogP contribution is 2.60. The Morgan fingerprint density at radius 1 is 1.32 bits per heavy atom. The average Bonchev–Trinajstić information content (AvgIpc) is 2.78. The summed E-state index contributed by atoms with van der Waals surface area (Å²) >= 11 is 0. The lowest BCUT2D eigenvalue weighted by Gasteiger charge is -2.48. The number of rotatable bonds is 0. The van der Waals surface area contributed by atoms with E-state index < -0.39 is 0 Å². The predicted octanol–water partition coefficient (Wildman–Crippen LogP) is 3.87. The number of carbonyl (C=O) groups is 1. The predicted molar refractivity (Wildman–Crippen MR) is 83.8 cm³/mol. The first-order chi connectivity index (χ1) is 10.5. The zero-order valence-electron chi connectivity index (χ0n) is 12.9. The van der Waals surface area contributed by atoms with Crippen LogP contribution in [0, 0.1) is 17.3 Å². The van der Waals surface area contributed by atoms with Gasteiger partial charge in [0.25, 0.3) is 0 Å². The second kappa shape index (κ2) is 4.61. The molecule has 2 fully saturated rings. The normalized spacial score (nSPS) is 38.5. The van der Waals surface area contributed by atoms with Gasteiger partial charge < -0.3 is 10.2 Å². The third-order valence-corrected chi connectivity index (χ3v) is 6.51. The van der Waals surface area contributed by atoms with Crippen LogP contribution >= 0.6 is 0 Å². The molecule has 3 nitrogen and oxygen atoms in total. The maximum atomic E-state index is 12.6. The fraction of sp³-hybridized carbons (Fsp3) is 0.526. The minimum Gasteiger partial charge on any atom is -0.515 e. The molecule has 116 valence electrons. The van der Waals surface area contributed by atoms with Crippen molar-refractivity contribution >= 4 is 5.78 Å². The number of aliphatic hydroxyl groups excluding tert-OH is 1. The van der Waals surface area contributed by atoms with Gasteiger partial charge in [-0.2, -0.15) is 0 Å². The Hall–Kier alpha value is -1.77. The van der Waals surface area contributed by atoms with Crippen LogP contribution in [-0.2, 0) is 11.2 Å². The number of aliphatic hydroxyl groups is 1. The maximum absolute atomic E-state index is 12.6. The van der Waals surface area contributed by atoms with Gasteiger partial charge in [0.05, 0.1) is 6.26 Å². The van der Waals surface area contributed by atoms with E-state index in [2.05, 4.69) is 13.0 Å². The number of carbonyl (C=O) groups excluding carboxylic acids is 1. The summed E-state index contributed by atoms with van der Waals surface area (Å²) in [4.78, 5) is 12.6. The Bertz CT molecular complexity index is 675. The number of hydrogen-bond acceptors (Lipinski definition) is 3. The first-order valence-corrected chi connectivity index (χ1v) is 8.24. The topological polar surface area (TPSA) is 57.5 Å². The molecule has 0 aromatic heterocycles. The minimum atomic E-state index is -0.288. The third-order valence-electron chi connectivity index (χ3n) is 6.51. The SMILES string of the molecule is C[C@]12CCC3c4ccc(O)cc4CCC3C1CC(=CO)C2=O. The van der Waals surface area contributed by atoms with Gasteiger partial charge in [-0.25, -0.2) is 0 Å². The highest BCUT2D eigenvalue weighted by molar-refractivity contribution is 6.02. The van der Waals surface area contributed by atoms with Crippen LogP contribution in [0.15, 0.2) is 30.0 Å². The Kier molecular flexibility index (Phi) is 2.91. The van der Waals surface area contributed by atoms with Gasteiger partial charge in [0, 0.05) is 11.0 Å². The molecule has 2 saturated carbocycles. The molecule has 3 unspecified atom stereocenters. The molecule has 0 spiro atoms. The number of fused-ring (bicyclic) bond motifs is 5. The summed E-state index contributed by atoms with van der Waals surface area (Å²) in [7, 11) is 0. The van der Waals surface area contributed by atoms with Crippen molar-refractivity contribution in [3.8, 4) is 5.75 Å². The van der Waals surface area contributed by atoms with Crippen LogP contribution < -0.4 is 0 Å². The monoisotopic (exact) mass is 298 g/mol. The van der Waals surface area contributed by atoms with Crippen molar-refractivity contribution in [2.24, 2.45) is 17.3 Å². The minimum absolute atomic E-state index is 0.162. The average molecular weight is 298 g/mol. The molecule has 0 heterocycles. The standard InChI is InChI=1S/C19H22O3/c1-19-7-6-15-14-5-3-13(21)8-11(14)2-4-16(15)17(19)9-12(10-20)18(19)22/h3,5,8,10,15-17,20-21H,2,4,6-7,9H2,1H3/t15?,16?,17?,19-/m0/s1. The molecular formula is C19H22O3. The van der Waals surface area contributed by atoms with Crippen LogP contribution in [0.4, 0.5) is 0 Å². The largest absolute Gasteiger partial charge is 0.515 e. The van der Waals surface area contributed by atoms with Gasteiger partial charge in [-0.3, -0.25) is 4.79 Å². The fourth-order valence-electron chi connectivity index (χ4n) is 5.36. The number of aromatic hydroxyl groups is 1. The van der Waals surface area contributed by atoms with Gasteiger partial charge in [-0.05, 0) is 73.1 Å². The number of Topliss-reactive ketones (excluding diaryl/α,β-unsaturated/α-hetero) is 1. The van der Waals surface area contributed by atoms with Crippen LogP contribution in [0.5, 0.6) is 5.75 Å². The summed E-state index contributed by atoms with van der Waals surface area (Å²) < 4.78 is 0. The van der Waals surface area contributed by atoms with Gasteiger partial charge in [-0.1, -0.05) is 13.0 Å². The highest BCUT2D eigenvalue weighted by Gasteiger charge is 2.56. The molecule has 1 aromatic carbocycles. The summed E-state index contributed by atoms with van der Waals surface area (Å²) in [6.45, 7) is 2.10. The molecule has 2 N–H and O–H groups in total. The van der Waals surface area contributed by atoms with Crippen molar-refractivity contribution in [1.82, 2.24) is 0 Å². The van der Waals surface area contributed by atoms with E-state index >= 15 is 0 Å². The Morgan fingerprint density at radius 2 is 2.14 bits per heavy atom. The number of benzene rings is 1. The van der Waals surface area contributed by atoms with Gasteiger partial charge in [0.15, 0.2) is 5.78 Å². The van der Waals surface area contributed by atoms with Crippen molar-refractivity contribution in [3.05, 3.63) is 41.2 Å². The fourth-order valence-corrected chi connectivity index (χ4v) is 5.36. The Morgan fingerprint density at radius 3 is 2.91 bits per heavy atom. The number of phenolic OH excluding ortho intramolecular Hbond substituents is 1. The molecule has 0 saturated heterocycles. The van der Waals surface area contributed by atoms with Crippen molar-refractivity contribution in [3.63, 3.8) is 0 Å². The van der Waals surface area contributed by atoms with E-state index in [1.54, 1.807) is 6.07 Å². The summed E-state index contributed by atoms with van der Waals surface area (Å²) in [6, 6.07) is 5.76. The molecule has 0 bridgehead atoms. The number of ketones is 1. The number of hydrogen-bond donors (Lipinski definition) is 2. The molecule has 1 aromatic rings. The quantitative estimate of drug-likeness (QED) is 0.564. The molecule has 0 amide bonds. The molecule has 3 heteroatoms. The molecule has 4 atom stereocenters. The van der Waals surface area contributed by atoms with Crippen molar-refractivity contribution in [2.45, 2.75) is 44.9 Å².